The highest BCUT2D eigenvalue weighted by Crippen LogP contribution is 2.25. The average molecular weight is 323 g/mol. The van der Waals surface area contributed by atoms with Gasteiger partial charge in [-0.3, -0.25) is 0 Å². The monoisotopic (exact) mass is 323 g/mol. The maximum absolute atomic E-state index is 12.0. The predicted octanol–water partition coefficient (Wildman–Crippen LogP) is -0.366. The van der Waals surface area contributed by atoms with Crippen LogP contribution in [0.15, 0.2) is 23.1 Å². The number of nitrogens with two attached hydrogens (primary N) is 1. The Bertz CT molecular complexity index is 692. The number of nitrogen functional groups attached to an aromatic ring is 1. The Morgan fingerprint density at radius 1 is 1.10 bits per heavy atom. The van der Waals surface area contributed by atoms with Crippen LogP contribution < -0.4 is 5.73 Å². The first-order valence-corrected chi connectivity index (χ1v) is 8.94. The second kappa shape index (κ2) is 5.68. The summed E-state index contributed by atoms with van der Waals surface area (Å²) in [6, 6.07) is 3.65. The Morgan fingerprint density at radius 3 is 2.10 bits per heavy atom. The fourth-order valence-corrected chi connectivity index (χ4v) is 3.64. The van der Waals surface area contributed by atoms with Crippen LogP contribution in [0, 0.1) is 0 Å². The average Bonchev–Trinajstić information content (AvgIpc) is 2.27. The van der Waals surface area contributed by atoms with E-state index in [9.17, 15) is 27.0 Å². The largest absolute Gasteiger partial charge is 0.399 e. The molecule has 4 N–H and O–H groups in total. The van der Waals surface area contributed by atoms with E-state index in [1.165, 1.54) is 12.1 Å². The summed E-state index contributed by atoms with van der Waals surface area (Å²) < 4.78 is 47.4. The summed E-state index contributed by atoms with van der Waals surface area (Å²) in [4.78, 5) is -0.314. The lowest BCUT2D eigenvalue weighted by Crippen LogP contribution is -2.23. The quantitative estimate of drug-likeness (QED) is 0.629. The molecule has 114 valence electrons. The van der Waals surface area contributed by atoms with Crippen molar-refractivity contribution < 1.29 is 27.0 Å². The minimum atomic E-state index is -4.07. The number of aliphatic hydroxyl groups excluding tert-OH is 2. The minimum Gasteiger partial charge on any atom is -0.399 e. The van der Waals surface area contributed by atoms with Gasteiger partial charge >= 0.3 is 0 Å². The highest BCUT2D eigenvalue weighted by molar-refractivity contribution is 7.92. The summed E-state index contributed by atoms with van der Waals surface area (Å²) in [6.45, 7) is 2.14. The van der Waals surface area contributed by atoms with E-state index < -0.39 is 36.3 Å². The van der Waals surface area contributed by atoms with Crippen molar-refractivity contribution in [2.45, 2.75) is 35.4 Å². The molecular weight excluding hydrogens is 306 g/mol. The molecule has 7 nitrogen and oxygen atoms in total. The molecule has 0 aromatic heterocycles. The zero-order valence-corrected chi connectivity index (χ0v) is 12.6. The summed E-state index contributed by atoms with van der Waals surface area (Å²) in [5.41, 5.74) is 2.32. The highest BCUT2D eigenvalue weighted by Gasteiger charge is 2.28. The maximum atomic E-state index is 12.0. The van der Waals surface area contributed by atoms with Gasteiger partial charge in [-0.2, -0.15) is 0 Å². The predicted molar refractivity (Wildman–Crippen MR) is 74.0 cm³/mol. The van der Waals surface area contributed by atoms with Crippen molar-refractivity contribution in [1.82, 2.24) is 0 Å². The van der Waals surface area contributed by atoms with Crippen LogP contribution in [0.4, 0.5) is 5.69 Å². The topological polar surface area (TPSA) is 135 Å². The zero-order chi connectivity index (χ0) is 15.7. The molecule has 0 heterocycles. The van der Waals surface area contributed by atoms with Gasteiger partial charge in [0.2, 0.25) is 9.84 Å². The van der Waals surface area contributed by atoms with Crippen LogP contribution in [-0.4, -0.2) is 37.9 Å². The van der Waals surface area contributed by atoms with Crippen LogP contribution in [0.3, 0.4) is 0 Å². The first-order valence-electron chi connectivity index (χ1n) is 5.68. The van der Waals surface area contributed by atoms with Crippen molar-refractivity contribution in [3.63, 3.8) is 0 Å². The molecule has 9 heteroatoms. The van der Waals surface area contributed by atoms with Gasteiger partial charge in [0.05, 0.1) is 10.6 Å². The maximum Gasteiger partial charge on any atom is 0.204 e. The van der Waals surface area contributed by atoms with Crippen LogP contribution in [0.5, 0.6) is 0 Å². The summed E-state index contributed by atoms with van der Waals surface area (Å²) in [5, 5.41) is 18.5. The SMILES string of the molecule is CC(O)S(=O)(=O)Cc1cc(N)ccc1S(=O)(=O)C(C)O. The van der Waals surface area contributed by atoms with E-state index >= 15 is 0 Å². The Morgan fingerprint density at radius 2 is 1.65 bits per heavy atom. The van der Waals surface area contributed by atoms with Crippen molar-refractivity contribution in [3.05, 3.63) is 23.8 Å². The van der Waals surface area contributed by atoms with E-state index in [0.717, 1.165) is 19.9 Å². The summed E-state index contributed by atoms with van der Waals surface area (Å²) in [7, 11) is -7.99. The molecule has 0 aliphatic carbocycles. The van der Waals surface area contributed by atoms with E-state index in [2.05, 4.69) is 0 Å². The molecule has 2 unspecified atom stereocenters. The van der Waals surface area contributed by atoms with E-state index in [-0.39, 0.29) is 16.1 Å². The lowest BCUT2D eigenvalue weighted by molar-refractivity contribution is 0.267. The van der Waals surface area contributed by atoms with Gasteiger partial charge in [-0.15, -0.1) is 0 Å². The molecule has 0 radical (unpaired) electrons. The molecule has 20 heavy (non-hydrogen) atoms. The third-order valence-corrected chi connectivity index (χ3v) is 6.38. The van der Waals surface area contributed by atoms with Gasteiger partial charge in [0.1, 0.15) is 0 Å². The number of anilines is 1. The van der Waals surface area contributed by atoms with Crippen LogP contribution in [0.2, 0.25) is 0 Å². The van der Waals surface area contributed by atoms with Crippen LogP contribution >= 0.6 is 0 Å². The van der Waals surface area contributed by atoms with Crippen molar-refractivity contribution >= 4 is 25.4 Å². The Balaban J connectivity index is 3.45. The smallest absolute Gasteiger partial charge is 0.204 e. The van der Waals surface area contributed by atoms with Crippen LogP contribution in [-0.2, 0) is 25.4 Å². The van der Waals surface area contributed by atoms with Gasteiger partial charge in [0.15, 0.2) is 20.7 Å². The molecule has 1 rings (SSSR count). The zero-order valence-electron chi connectivity index (χ0n) is 11.0. The van der Waals surface area contributed by atoms with Gasteiger partial charge in [0.25, 0.3) is 0 Å². The third-order valence-electron chi connectivity index (χ3n) is 2.72. The summed E-state index contributed by atoms with van der Waals surface area (Å²) in [6.07, 6.45) is 0. The van der Waals surface area contributed by atoms with E-state index in [1.807, 2.05) is 0 Å². The van der Waals surface area contributed by atoms with Gasteiger partial charge in [0, 0.05) is 5.69 Å². The van der Waals surface area contributed by atoms with Crippen LogP contribution in [0.1, 0.15) is 19.4 Å². The van der Waals surface area contributed by atoms with Gasteiger partial charge in [-0.25, -0.2) is 16.8 Å². The molecule has 0 aliphatic heterocycles. The van der Waals surface area contributed by atoms with Crippen molar-refractivity contribution in [2.75, 3.05) is 5.73 Å². The summed E-state index contributed by atoms with van der Waals surface area (Å²) >= 11 is 0. The van der Waals surface area contributed by atoms with Gasteiger partial charge < -0.3 is 15.9 Å². The normalized spacial score (nSPS) is 15.8. The molecule has 0 spiro atoms. The first-order chi connectivity index (χ1) is 8.98. The molecule has 0 bridgehead atoms. The first kappa shape index (κ1) is 16.9. The molecular formula is C11H17NO6S2. The fourth-order valence-electron chi connectivity index (χ4n) is 1.51. The molecule has 0 fully saturated rings. The van der Waals surface area contributed by atoms with E-state index in [0.29, 0.717) is 0 Å². The Labute approximate surface area is 117 Å². The third kappa shape index (κ3) is 3.48. The lowest BCUT2D eigenvalue weighted by atomic mass is 10.2. The van der Waals surface area contributed by atoms with Crippen molar-refractivity contribution in [1.29, 1.82) is 0 Å². The number of rotatable bonds is 5. The van der Waals surface area contributed by atoms with Gasteiger partial charge in [-0.1, -0.05) is 0 Å². The minimum absolute atomic E-state index is 0.0770. The lowest BCUT2D eigenvalue weighted by Gasteiger charge is -2.14. The van der Waals surface area contributed by atoms with E-state index in [1.54, 1.807) is 0 Å². The fraction of sp³-hybridized carbons (Fsp3) is 0.455. The molecule has 0 aliphatic rings. The summed E-state index contributed by atoms with van der Waals surface area (Å²) in [5.74, 6) is -0.684. The molecule has 2 atom stereocenters. The Kier molecular flexibility index (Phi) is 4.80. The molecule has 0 saturated heterocycles. The second-order valence-corrected chi connectivity index (χ2v) is 8.93. The molecule has 1 aromatic carbocycles. The molecule has 0 amide bonds. The number of benzene rings is 1. The number of sulfone groups is 2. The molecule has 0 saturated carbocycles. The van der Waals surface area contributed by atoms with E-state index in [4.69, 9.17) is 5.73 Å². The van der Waals surface area contributed by atoms with Crippen molar-refractivity contribution in [3.8, 4) is 0 Å². The van der Waals surface area contributed by atoms with Crippen molar-refractivity contribution in [2.24, 2.45) is 0 Å². The number of hydrogen-bond acceptors (Lipinski definition) is 7. The standard InChI is InChI=1S/C11H17NO6S2/c1-7(13)19(15,16)6-9-5-10(12)3-4-11(9)20(17,18)8(2)14/h3-5,7-8,13-14H,6,12H2,1-2H3. The Hall–Kier alpha value is -1.16. The number of hydrogen-bond donors (Lipinski definition) is 3. The number of aliphatic hydroxyl groups is 2. The highest BCUT2D eigenvalue weighted by atomic mass is 32.2. The van der Waals surface area contributed by atoms with Crippen LogP contribution in [0.25, 0.3) is 0 Å². The molecule has 1 aromatic rings. The second-order valence-electron chi connectivity index (χ2n) is 4.42. The van der Waals surface area contributed by atoms with Gasteiger partial charge in [-0.05, 0) is 37.6 Å².